The SMILES string of the molecule is C#CCC(=O)Nc1ccc2cc(Br)ccc2c1. The minimum atomic E-state index is -0.163. The minimum Gasteiger partial charge on any atom is -0.325 e. The topological polar surface area (TPSA) is 29.1 Å². The molecule has 2 nitrogen and oxygen atoms in total. The van der Waals surface area contributed by atoms with Crippen molar-refractivity contribution in [1.29, 1.82) is 0 Å². The minimum absolute atomic E-state index is 0.0956. The molecule has 0 aromatic heterocycles. The molecule has 1 amide bonds. The van der Waals surface area contributed by atoms with Gasteiger partial charge in [-0.05, 0) is 35.0 Å². The van der Waals surface area contributed by atoms with E-state index in [0.29, 0.717) is 0 Å². The Labute approximate surface area is 108 Å². The molecule has 0 aliphatic carbocycles. The Balaban J connectivity index is 2.29. The highest BCUT2D eigenvalue weighted by Crippen LogP contribution is 2.22. The van der Waals surface area contributed by atoms with Crippen molar-refractivity contribution in [1.82, 2.24) is 0 Å². The Morgan fingerprint density at radius 2 is 1.94 bits per heavy atom. The molecule has 0 aliphatic heterocycles. The van der Waals surface area contributed by atoms with Gasteiger partial charge in [0, 0.05) is 10.2 Å². The highest BCUT2D eigenvalue weighted by Gasteiger charge is 2.01. The Hall–Kier alpha value is -1.79. The van der Waals surface area contributed by atoms with Gasteiger partial charge in [-0.25, -0.2) is 0 Å². The molecule has 0 saturated carbocycles. The van der Waals surface area contributed by atoms with Crippen LogP contribution >= 0.6 is 15.9 Å². The molecule has 0 bridgehead atoms. The zero-order valence-corrected chi connectivity index (χ0v) is 10.6. The smallest absolute Gasteiger partial charge is 0.236 e. The summed E-state index contributed by atoms with van der Waals surface area (Å²) in [5.74, 6) is 2.15. The molecule has 84 valence electrons. The lowest BCUT2D eigenvalue weighted by atomic mass is 10.1. The van der Waals surface area contributed by atoms with E-state index in [1.807, 2.05) is 36.4 Å². The Morgan fingerprint density at radius 3 is 2.71 bits per heavy atom. The van der Waals surface area contributed by atoms with Crippen LogP contribution in [0, 0.1) is 12.3 Å². The molecule has 17 heavy (non-hydrogen) atoms. The molecule has 3 heteroatoms. The van der Waals surface area contributed by atoms with Crippen molar-refractivity contribution in [3.05, 3.63) is 40.9 Å². The van der Waals surface area contributed by atoms with Gasteiger partial charge in [-0.3, -0.25) is 4.79 Å². The van der Waals surface area contributed by atoms with Gasteiger partial charge in [0.05, 0.1) is 6.42 Å². The number of amides is 1. The van der Waals surface area contributed by atoms with E-state index in [-0.39, 0.29) is 12.3 Å². The van der Waals surface area contributed by atoms with Gasteiger partial charge in [0.15, 0.2) is 0 Å². The predicted molar refractivity (Wildman–Crippen MR) is 73.7 cm³/mol. The summed E-state index contributed by atoms with van der Waals surface area (Å²) >= 11 is 3.42. The fourth-order valence-electron chi connectivity index (χ4n) is 1.59. The van der Waals surface area contributed by atoms with E-state index >= 15 is 0 Å². The summed E-state index contributed by atoms with van der Waals surface area (Å²) in [6.07, 6.45) is 5.17. The molecule has 0 spiro atoms. The van der Waals surface area contributed by atoms with Crippen molar-refractivity contribution in [2.75, 3.05) is 5.32 Å². The van der Waals surface area contributed by atoms with E-state index in [2.05, 4.69) is 27.2 Å². The summed E-state index contributed by atoms with van der Waals surface area (Å²) in [5, 5.41) is 4.95. The molecule has 1 N–H and O–H groups in total. The summed E-state index contributed by atoms with van der Waals surface area (Å²) in [6.45, 7) is 0. The van der Waals surface area contributed by atoms with Crippen LogP contribution in [0.4, 0.5) is 5.69 Å². The third kappa shape index (κ3) is 2.86. The van der Waals surface area contributed by atoms with E-state index < -0.39 is 0 Å². The molecule has 2 aromatic rings. The third-order valence-corrected chi connectivity index (χ3v) is 2.84. The zero-order chi connectivity index (χ0) is 12.3. The zero-order valence-electron chi connectivity index (χ0n) is 9.03. The normalized spacial score (nSPS) is 9.88. The summed E-state index contributed by atoms with van der Waals surface area (Å²) < 4.78 is 1.04. The largest absolute Gasteiger partial charge is 0.325 e. The molecule has 0 atom stereocenters. The number of rotatable bonds is 2. The second-order valence-electron chi connectivity index (χ2n) is 3.64. The fraction of sp³-hybridized carbons (Fsp3) is 0.0714. The van der Waals surface area contributed by atoms with Crippen LogP contribution < -0.4 is 5.32 Å². The maximum atomic E-state index is 11.3. The van der Waals surface area contributed by atoms with E-state index in [4.69, 9.17) is 6.42 Å². The first-order valence-corrected chi connectivity index (χ1v) is 5.91. The molecule has 2 rings (SSSR count). The second-order valence-corrected chi connectivity index (χ2v) is 4.55. The van der Waals surface area contributed by atoms with Gasteiger partial charge in [0.2, 0.25) is 5.91 Å². The monoisotopic (exact) mass is 287 g/mol. The second kappa shape index (κ2) is 5.03. The van der Waals surface area contributed by atoms with Gasteiger partial charge >= 0.3 is 0 Å². The lowest BCUT2D eigenvalue weighted by Crippen LogP contribution is -2.09. The van der Waals surface area contributed by atoms with Crippen molar-refractivity contribution < 1.29 is 4.79 Å². The highest BCUT2D eigenvalue weighted by atomic mass is 79.9. The number of terminal acetylenes is 1. The summed E-state index contributed by atoms with van der Waals surface area (Å²) in [7, 11) is 0. The lowest BCUT2D eigenvalue weighted by Gasteiger charge is -2.05. The molecule has 0 fully saturated rings. The van der Waals surface area contributed by atoms with Crippen LogP contribution in [-0.2, 0) is 4.79 Å². The summed E-state index contributed by atoms with van der Waals surface area (Å²) in [4.78, 5) is 11.3. The van der Waals surface area contributed by atoms with Crippen molar-refractivity contribution in [3.8, 4) is 12.3 Å². The number of fused-ring (bicyclic) bond motifs is 1. The van der Waals surface area contributed by atoms with Crippen LogP contribution in [0.2, 0.25) is 0 Å². The van der Waals surface area contributed by atoms with E-state index in [0.717, 1.165) is 20.9 Å². The molecule has 0 radical (unpaired) electrons. The van der Waals surface area contributed by atoms with Crippen LogP contribution in [0.1, 0.15) is 6.42 Å². The molecule has 0 heterocycles. The Bertz CT molecular complexity index is 613. The van der Waals surface area contributed by atoms with E-state index in [9.17, 15) is 4.79 Å². The van der Waals surface area contributed by atoms with Gasteiger partial charge in [0.25, 0.3) is 0 Å². The maximum absolute atomic E-state index is 11.3. The fourth-order valence-corrected chi connectivity index (χ4v) is 1.97. The first kappa shape index (κ1) is 11.7. The number of benzene rings is 2. The van der Waals surface area contributed by atoms with Crippen molar-refractivity contribution in [2.24, 2.45) is 0 Å². The molecular formula is C14H10BrNO. The third-order valence-electron chi connectivity index (χ3n) is 2.35. The average Bonchev–Trinajstić information content (AvgIpc) is 2.29. The van der Waals surface area contributed by atoms with Crippen LogP contribution in [0.25, 0.3) is 10.8 Å². The van der Waals surface area contributed by atoms with E-state index in [1.54, 1.807) is 0 Å². The molecule has 2 aromatic carbocycles. The van der Waals surface area contributed by atoms with Crippen LogP contribution in [0.15, 0.2) is 40.9 Å². The van der Waals surface area contributed by atoms with Crippen molar-refractivity contribution in [2.45, 2.75) is 6.42 Å². The first-order valence-electron chi connectivity index (χ1n) is 5.11. The molecular weight excluding hydrogens is 278 g/mol. The predicted octanol–water partition coefficient (Wildman–Crippen LogP) is 3.56. The van der Waals surface area contributed by atoms with Crippen LogP contribution in [-0.4, -0.2) is 5.91 Å². The Morgan fingerprint density at radius 1 is 1.24 bits per heavy atom. The number of halogens is 1. The van der Waals surface area contributed by atoms with Crippen molar-refractivity contribution in [3.63, 3.8) is 0 Å². The first-order chi connectivity index (χ1) is 8.19. The number of carbonyl (C=O) groups excluding carboxylic acids is 1. The molecule has 0 saturated heterocycles. The number of hydrogen-bond donors (Lipinski definition) is 1. The summed E-state index contributed by atoms with van der Waals surface area (Å²) in [6, 6.07) is 11.7. The van der Waals surface area contributed by atoms with E-state index in [1.165, 1.54) is 0 Å². The Kier molecular flexibility index (Phi) is 3.46. The number of anilines is 1. The van der Waals surface area contributed by atoms with Crippen molar-refractivity contribution >= 4 is 38.3 Å². The van der Waals surface area contributed by atoms with Crippen LogP contribution in [0.5, 0.6) is 0 Å². The standard InChI is InChI=1S/C14H10BrNO/c1-2-3-14(17)16-13-7-5-10-8-12(15)6-4-11(10)9-13/h1,4-9H,3H2,(H,16,17). The van der Waals surface area contributed by atoms with Gasteiger partial charge in [0.1, 0.15) is 0 Å². The van der Waals surface area contributed by atoms with Gasteiger partial charge in [-0.15, -0.1) is 6.42 Å². The van der Waals surface area contributed by atoms with Gasteiger partial charge in [-0.2, -0.15) is 0 Å². The number of carbonyl (C=O) groups is 1. The molecule has 0 unspecified atom stereocenters. The summed E-state index contributed by atoms with van der Waals surface area (Å²) in [5.41, 5.74) is 0.764. The highest BCUT2D eigenvalue weighted by molar-refractivity contribution is 9.10. The van der Waals surface area contributed by atoms with Gasteiger partial charge < -0.3 is 5.32 Å². The average molecular weight is 288 g/mol. The maximum Gasteiger partial charge on any atom is 0.236 e. The quantitative estimate of drug-likeness (QED) is 0.841. The number of hydrogen-bond acceptors (Lipinski definition) is 1. The van der Waals surface area contributed by atoms with Crippen LogP contribution in [0.3, 0.4) is 0 Å². The lowest BCUT2D eigenvalue weighted by molar-refractivity contribution is -0.115. The number of nitrogens with one attached hydrogen (secondary N) is 1. The molecule has 0 aliphatic rings. The van der Waals surface area contributed by atoms with Gasteiger partial charge in [-0.1, -0.05) is 34.0 Å².